The van der Waals surface area contributed by atoms with E-state index in [1.807, 2.05) is 23.1 Å². The quantitative estimate of drug-likeness (QED) is 0.868. The normalized spacial score (nSPS) is 19.4. The molecule has 3 heterocycles. The van der Waals surface area contributed by atoms with Crippen molar-refractivity contribution < 1.29 is 14.3 Å². The summed E-state index contributed by atoms with van der Waals surface area (Å²) in [6.07, 6.45) is 3.18. The minimum Gasteiger partial charge on any atom is -0.454 e. The molecule has 1 N–H and O–H groups in total. The number of carbonyl (C=O) groups is 1. The number of hydrogen-bond acceptors (Lipinski definition) is 4. The van der Waals surface area contributed by atoms with Gasteiger partial charge in [-0.3, -0.25) is 4.90 Å². The van der Waals surface area contributed by atoms with E-state index in [4.69, 9.17) is 9.47 Å². The molecule has 0 aromatic heterocycles. The summed E-state index contributed by atoms with van der Waals surface area (Å²) in [6, 6.07) is 14.8. The minimum atomic E-state index is -0.0405. The number of anilines is 1. The molecule has 0 bridgehead atoms. The summed E-state index contributed by atoms with van der Waals surface area (Å²) in [7, 11) is 0. The standard InChI is InChI=1S/C22H25N3O3/c26-22(23-18-5-6-20-21(13-18)28-15-27-20)24-11-8-19(9-12-24)25-10-7-16-3-1-2-4-17(16)14-25/h1-6,13,19H,7-12,14-15H2,(H,23,26). The molecule has 1 saturated heterocycles. The fourth-order valence-electron chi connectivity index (χ4n) is 4.44. The van der Waals surface area contributed by atoms with Crippen LogP contribution in [0.5, 0.6) is 11.5 Å². The predicted molar refractivity (Wildman–Crippen MR) is 107 cm³/mol. The van der Waals surface area contributed by atoms with Crippen LogP contribution in [-0.2, 0) is 13.0 Å². The molecule has 0 atom stereocenters. The highest BCUT2D eigenvalue weighted by Crippen LogP contribution is 2.34. The number of nitrogens with one attached hydrogen (secondary N) is 1. The zero-order valence-electron chi connectivity index (χ0n) is 15.9. The van der Waals surface area contributed by atoms with E-state index in [0.29, 0.717) is 11.8 Å². The van der Waals surface area contributed by atoms with Gasteiger partial charge in [0.2, 0.25) is 6.79 Å². The van der Waals surface area contributed by atoms with E-state index in [1.54, 1.807) is 0 Å². The maximum absolute atomic E-state index is 12.6. The van der Waals surface area contributed by atoms with Crippen molar-refractivity contribution in [2.75, 3.05) is 31.7 Å². The lowest BCUT2D eigenvalue weighted by atomic mass is 9.95. The molecule has 0 spiro atoms. The van der Waals surface area contributed by atoms with Crippen LogP contribution in [0.4, 0.5) is 10.5 Å². The summed E-state index contributed by atoms with van der Waals surface area (Å²) in [5.74, 6) is 1.41. The van der Waals surface area contributed by atoms with Crippen molar-refractivity contribution in [3.63, 3.8) is 0 Å². The molecule has 5 rings (SSSR count). The second-order valence-corrected chi connectivity index (χ2v) is 7.71. The molecule has 3 aliphatic rings. The summed E-state index contributed by atoms with van der Waals surface area (Å²) in [5.41, 5.74) is 3.68. The third-order valence-electron chi connectivity index (χ3n) is 6.05. The Morgan fingerprint density at radius 2 is 1.75 bits per heavy atom. The number of likely N-dealkylation sites (tertiary alicyclic amines) is 1. The molecule has 146 valence electrons. The van der Waals surface area contributed by atoms with E-state index >= 15 is 0 Å². The maximum atomic E-state index is 12.6. The van der Waals surface area contributed by atoms with Crippen LogP contribution in [0.3, 0.4) is 0 Å². The van der Waals surface area contributed by atoms with Gasteiger partial charge in [-0.1, -0.05) is 24.3 Å². The van der Waals surface area contributed by atoms with E-state index in [0.717, 1.165) is 56.9 Å². The molecule has 0 unspecified atom stereocenters. The van der Waals surface area contributed by atoms with Crippen molar-refractivity contribution in [3.8, 4) is 11.5 Å². The van der Waals surface area contributed by atoms with Crippen LogP contribution in [0.25, 0.3) is 0 Å². The third-order valence-corrected chi connectivity index (χ3v) is 6.05. The van der Waals surface area contributed by atoms with E-state index < -0.39 is 0 Å². The highest BCUT2D eigenvalue weighted by atomic mass is 16.7. The molecule has 1 fully saturated rings. The maximum Gasteiger partial charge on any atom is 0.321 e. The van der Waals surface area contributed by atoms with Crippen LogP contribution in [0, 0.1) is 0 Å². The van der Waals surface area contributed by atoms with Crippen molar-refractivity contribution in [3.05, 3.63) is 53.6 Å². The Balaban J connectivity index is 1.15. The topological polar surface area (TPSA) is 54.0 Å². The number of hydrogen-bond donors (Lipinski definition) is 1. The van der Waals surface area contributed by atoms with E-state index in [2.05, 4.69) is 34.5 Å². The largest absolute Gasteiger partial charge is 0.454 e. The number of ether oxygens (including phenoxy) is 2. The average Bonchev–Trinajstić information content (AvgIpc) is 3.21. The monoisotopic (exact) mass is 379 g/mol. The SMILES string of the molecule is O=C(Nc1ccc2c(c1)OCO2)N1CCC(N2CCc3ccccc3C2)CC1. The average molecular weight is 379 g/mol. The van der Waals surface area contributed by atoms with Gasteiger partial charge >= 0.3 is 6.03 Å². The van der Waals surface area contributed by atoms with Gasteiger partial charge in [-0.05, 0) is 42.5 Å². The van der Waals surface area contributed by atoms with E-state index in [9.17, 15) is 4.79 Å². The second kappa shape index (κ2) is 7.36. The summed E-state index contributed by atoms with van der Waals surface area (Å²) in [4.78, 5) is 17.2. The molecule has 2 aromatic carbocycles. The number of benzene rings is 2. The number of fused-ring (bicyclic) bond motifs is 2. The van der Waals surface area contributed by atoms with Gasteiger partial charge in [-0.2, -0.15) is 0 Å². The molecule has 3 aliphatic heterocycles. The van der Waals surface area contributed by atoms with Crippen LogP contribution < -0.4 is 14.8 Å². The molecule has 0 radical (unpaired) electrons. The number of rotatable bonds is 2. The highest BCUT2D eigenvalue weighted by Gasteiger charge is 2.29. The second-order valence-electron chi connectivity index (χ2n) is 7.71. The zero-order chi connectivity index (χ0) is 18.9. The first-order valence-electron chi connectivity index (χ1n) is 10.0. The number of urea groups is 1. The fraction of sp³-hybridized carbons (Fsp3) is 0.409. The molecule has 6 nitrogen and oxygen atoms in total. The first kappa shape index (κ1) is 17.4. The van der Waals surface area contributed by atoms with Crippen molar-refractivity contribution in [1.82, 2.24) is 9.80 Å². The first-order chi connectivity index (χ1) is 13.8. The smallest absolute Gasteiger partial charge is 0.321 e. The molecule has 6 heteroatoms. The number of carbonyl (C=O) groups excluding carboxylic acids is 1. The van der Waals surface area contributed by atoms with Crippen LogP contribution in [0.2, 0.25) is 0 Å². The molecule has 2 amide bonds. The minimum absolute atomic E-state index is 0.0405. The van der Waals surface area contributed by atoms with Crippen molar-refractivity contribution >= 4 is 11.7 Å². The lowest BCUT2D eigenvalue weighted by Crippen LogP contribution is -2.49. The van der Waals surface area contributed by atoms with Gasteiger partial charge in [0, 0.05) is 44.0 Å². The molecular formula is C22H25N3O3. The molecule has 28 heavy (non-hydrogen) atoms. The molecule has 0 aliphatic carbocycles. The van der Waals surface area contributed by atoms with Gasteiger partial charge in [0.25, 0.3) is 0 Å². The number of piperidine rings is 1. The Bertz CT molecular complexity index is 877. The number of amides is 2. The molecular weight excluding hydrogens is 354 g/mol. The Hall–Kier alpha value is -2.73. The van der Waals surface area contributed by atoms with Crippen molar-refractivity contribution in [2.45, 2.75) is 31.8 Å². The van der Waals surface area contributed by atoms with Crippen LogP contribution in [0.15, 0.2) is 42.5 Å². The van der Waals surface area contributed by atoms with E-state index in [-0.39, 0.29) is 12.8 Å². The van der Waals surface area contributed by atoms with Gasteiger partial charge in [0.15, 0.2) is 11.5 Å². The zero-order valence-corrected chi connectivity index (χ0v) is 15.9. The van der Waals surface area contributed by atoms with Gasteiger partial charge in [-0.25, -0.2) is 4.79 Å². The van der Waals surface area contributed by atoms with Crippen LogP contribution >= 0.6 is 0 Å². The summed E-state index contributed by atoms with van der Waals surface area (Å²) < 4.78 is 10.7. The lowest BCUT2D eigenvalue weighted by Gasteiger charge is -2.40. The predicted octanol–water partition coefficient (Wildman–Crippen LogP) is 3.47. The fourth-order valence-corrected chi connectivity index (χ4v) is 4.44. The lowest BCUT2D eigenvalue weighted by molar-refractivity contribution is 0.111. The van der Waals surface area contributed by atoms with Gasteiger partial charge in [0.1, 0.15) is 0 Å². The highest BCUT2D eigenvalue weighted by molar-refractivity contribution is 5.89. The van der Waals surface area contributed by atoms with Gasteiger partial charge in [0.05, 0.1) is 0 Å². The summed E-state index contributed by atoms with van der Waals surface area (Å²) in [5, 5.41) is 2.99. The van der Waals surface area contributed by atoms with Gasteiger partial charge in [-0.15, -0.1) is 0 Å². The van der Waals surface area contributed by atoms with E-state index in [1.165, 1.54) is 11.1 Å². The summed E-state index contributed by atoms with van der Waals surface area (Å²) in [6.45, 7) is 3.97. The van der Waals surface area contributed by atoms with Crippen molar-refractivity contribution in [1.29, 1.82) is 0 Å². The Morgan fingerprint density at radius 3 is 2.61 bits per heavy atom. The third kappa shape index (κ3) is 3.40. The van der Waals surface area contributed by atoms with Crippen LogP contribution in [0.1, 0.15) is 24.0 Å². The Labute approximate surface area is 165 Å². The Kier molecular flexibility index (Phi) is 4.56. The molecule has 0 saturated carbocycles. The Morgan fingerprint density at radius 1 is 0.964 bits per heavy atom. The van der Waals surface area contributed by atoms with Gasteiger partial charge < -0.3 is 19.7 Å². The first-order valence-corrected chi connectivity index (χ1v) is 10.0. The van der Waals surface area contributed by atoms with Crippen molar-refractivity contribution in [2.24, 2.45) is 0 Å². The van der Waals surface area contributed by atoms with Crippen LogP contribution in [-0.4, -0.2) is 48.3 Å². The summed E-state index contributed by atoms with van der Waals surface area (Å²) >= 11 is 0. The molecule has 2 aromatic rings. The number of nitrogens with zero attached hydrogens (tertiary/aromatic N) is 2.